The highest BCUT2D eigenvalue weighted by Crippen LogP contribution is 2.33. The Morgan fingerprint density at radius 2 is 1.73 bits per heavy atom. The number of ketones is 1. The van der Waals surface area contributed by atoms with E-state index in [4.69, 9.17) is 4.74 Å². The molecular formula is C27H22F2N2O5S. The maximum atomic E-state index is 14.5. The van der Waals surface area contributed by atoms with Gasteiger partial charge in [-0.15, -0.1) is 0 Å². The Bertz CT molecular complexity index is 1590. The number of amides is 1. The number of nitrogens with one attached hydrogen (secondary N) is 1. The quantitative estimate of drug-likeness (QED) is 0.475. The van der Waals surface area contributed by atoms with Crippen LogP contribution >= 0.6 is 0 Å². The van der Waals surface area contributed by atoms with Gasteiger partial charge in [-0.2, -0.15) is 0 Å². The maximum absolute atomic E-state index is 14.5. The lowest BCUT2D eigenvalue weighted by molar-refractivity contribution is -0.114. The SMILES string of the molecule is Cc1cc(C)c(Oc2nc(-c3cc(F)ccc3F)ccc2C(=O)NS(=O)(=O)C2=CC=CCC2=O)c(C)c1. The number of carbonyl (C=O) groups is 2. The van der Waals surface area contributed by atoms with Gasteiger partial charge in [0.2, 0.25) is 5.88 Å². The molecule has 37 heavy (non-hydrogen) atoms. The van der Waals surface area contributed by atoms with Crippen molar-refractivity contribution in [2.45, 2.75) is 27.2 Å². The van der Waals surface area contributed by atoms with Crippen LogP contribution in [0.25, 0.3) is 11.3 Å². The fourth-order valence-corrected chi connectivity index (χ4v) is 5.06. The predicted molar refractivity (Wildman–Crippen MR) is 134 cm³/mol. The molecule has 1 aliphatic carbocycles. The zero-order valence-electron chi connectivity index (χ0n) is 20.1. The van der Waals surface area contributed by atoms with Crippen molar-refractivity contribution in [3.05, 3.63) is 99.5 Å². The molecule has 0 saturated carbocycles. The first kappa shape index (κ1) is 25.9. The summed E-state index contributed by atoms with van der Waals surface area (Å²) in [5.41, 5.74) is 1.89. The number of nitrogens with zero attached hydrogens (tertiary/aromatic N) is 1. The first-order chi connectivity index (χ1) is 17.5. The van der Waals surface area contributed by atoms with Crippen LogP contribution in [-0.4, -0.2) is 25.1 Å². The van der Waals surface area contributed by atoms with Crippen molar-refractivity contribution in [2.24, 2.45) is 0 Å². The third-order valence-corrected chi connectivity index (χ3v) is 6.99. The zero-order chi connectivity index (χ0) is 26.9. The molecule has 2 aromatic carbocycles. The molecule has 0 fully saturated rings. The predicted octanol–water partition coefficient (Wildman–Crippen LogP) is 5.22. The number of carbonyl (C=O) groups excluding carboxylic acids is 2. The lowest BCUT2D eigenvalue weighted by atomic mass is 10.1. The van der Waals surface area contributed by atoms with Crippen LogP contribution in [0.2, 0.25) is 0 Å². The lowest BCUT2D eigenvalue weighted by Crippen LogP contribution is -2.34. The summed E-state index contributed by atoms with van der Waals surface area (Å²) in [4.78, 5) is 28.9. The van der Waals surface area contributed by atoms with Gasteiger partial charge in [0.15, 0.2) is 5.78 Å². The highest BCUT2D eigenvalue weighted by atomic mass is 32.2. The van der Waals surface area contributed by atoms with Gasteiger partial charge in [0.05, 0.1) is 5.69 Å². The zero-order valence-corrected chi connectivity index (χ0v) is 20.9. The van der Waals surface area contributed by atoms with Crippen LogP contribution in [0.4, 0.5) is 8.78 Å². The van der Waals surface area contributed by atoms with Crippen molar-refractivity contribution < 1.29 is 31.5 Å². The summed E-state index contributed by atoms with van der Waals surface area (Å²) in [5.74, 6) is -3.19. The monoisotopic (exact) mass is 524 g/mol. The molecule has 0 radical (unpaired) electrons. The number of ether oxygens (including phenoxy) is 1. The van der Waals surface area contributed by atoms with Crippen molar-refractivity contribution in [3.63, 3.8) is 0 Å². The topological polar surface area (TPSA) is 102 Å². The highest BCUT2D eigenvalue weighted by molar-refractivity contribution is 7.95. The van der Waals surface area contributed by atoms with Gasteiger partial charge in [-0.25, -0.2) is 26.9 Å². The number of aromatic nitrogens is 1. The third kappa shape index (κ3) is 5.49. The second kappa shape index (κ2) is 10.1. The molecule has 1 aromatic heterocycles. The average molecular weight is 525 g/mol. The molecule has 10 heteroatoms. The smallest absolute Gasteiger partial charge is 0.270 e. The molecule has 0 bridgehead atoms. The number of allylic oxidation sites excluding steroid dienone is 4. The second-order valence-electron chi connectivity index (χ2n) is 8.52. The maximum Gasteiger partial charge on any atom is 0.270 e. The van der Waals surface area contributed by atoms with Gasteiger partial charge < -0.3 is 4.74 Å². The summed E-state index contributed by atoms with van der Waals surface area (Å²) in [6.45, 7) is 5.46. The minimum absolute atomic E-state index is 0.0378. The van der Waals surface area contributed by atoms with E-state index in [2.05, 4.69) is 4.98 Å². The van der Waals surface area contributed by atoms with Crippen LogP contribution in [0.1, 0.15) is 33.5 Å². The third-order valence-electron chi connectivity index (χ3n) is 5.59. The van der Waals surface area contributed by atoms with Gasteiger partial charge >= 0.3 is 0 Å². The Kier molecular flexibility index (Phi) is 7.04. The number of aryl methyl sites for hydroxylation is 3. The molecular weight excluding hydrogens is 502 g/mol. The number of Topliss-reactive ketones (excluding diaryl/α,β-unsaturated/α-hetero) is 1. The number of halogens is 2. The molecule has 7 nitrogen and oxygen atoms in total. The molecule has 0 unspecified atom stereocenters. The number of hydrogen-bond donors (Lipinski definition) is 1. The van der Waals surface area contributed by atoms with Crippen LogP contribution in [0, 0.1) is 32.4 Å². The van der Waals surface area contributed by atoms with Gasteiger partial charge in [-0.05, 0) is 68.3 Å². The van der Waals surface area contributed by atoms with Gasteiger partial charge in [-0.1, -0.05) is 29.8 Å². The molecule has 0 atom stereocenters. The van der Waals surface area contributed by atoms with E-state index in [9.17, 15) is 26.8 Å². The van der Waals surface area contributed by atoms with Gasteiger partial charge in [-0.3, -0.25) is 9.59 Å². The molecule has 1 amide bonds. The average Bonchev–Trinajstić information content (AvgIpc) is 2.82. The van der Waals surface area contributed by atoms with Crippen LogP contribution in [-0.2, 0) is 14.8 Å². The van der Waals surface area contributed by atoms with E-state index in [0.29, 0.717) is 16.9 Å². The fourth-order valence-electron chi connectivity index (χ4n) is 3.95. The Hall–Kier alpha value is -4.18. The summed E-state index contributed by atoms with van der Waals surface area (Å²) < 4.78 is 61.7. The van der Waals surface area contributed by atoms with Crippen molar-refractivity contribution in [3.8, 4) is 22.9 Å². The summed E-state index contributed by atoms with van der Waals surface area (Å²) >= 11 is 0. The van der Waals surface area contributed by atoms with Gasteiger partial charge in [0.1, 0.15) is 27.9 Å². The molecule has 3 aromatic rings. The van der Waals surface area contributed by atoms with E-state index in [1.165, 1.54) is 24.3 Å². The Morgan fingerprint density at radius 1 is 1.03 bits per heavy atom. The number of pyridine rings is 1. The van der Waals surface area contributed by atoms with E-state index in [-0.39, 0.29) is 29.1 Å². The van der Waals surface area contributed by atoms with E-state index in [1.807, 2.05) is 23.8 Å². The Morgan fingerprint density at radius 3 is 2.41 bits per heavy atom. The molecule has 0 saturated heterocycles. The van der Waals surface area contributed by atoms with Crippen LogP contribution < -0.4 is 9.46 Å². The second-order valence-corrected chi connectivity index (χ2v) is 10.2. The van der Waals surface area contributed by atoms with Crippen LogP contribution in [0.3, 0.4) is 0 Å². The normalized spacial score (nSPS) is 13.3. The lowest BCUT2D eigenvalue weighted by Gasteiger charge is -2.16. The Labute approximate surface area is 212 Å². The molecule has 1 heterocycles. The first-order valence-electron chi connectivity index (χ1n) is 11.2. The summed E-state index contributed by atoms with van der Waals surface area (Å²) in [5, 5.41) is 0. The fraction of sp³-hybridized carbons (Fsp3) is 0.148. The van der Waals surface area contributed by atoms with Gasteiger partial charge in [0.25, 0.3) is 15.9 Å². The highest BCUT2D eigenvalue weighted by Gasteiger charge is 2.29. The molecule has 4 rings (SSSR count). The minimum Gasteiger partial charge on any atom is -0.438 e. The van der Waals surface area contributed by atoms with Crippen molar-refractivity contribution in [1.29, 1.82) is 0 Å². The number of rotatable bonds is 6. The number of benzene rings is 2. The van der Waals surface area contributed by atoms with E-state index >= 15 is 0 Å². The first-order valence-corrected chi connectivity index (χ1v) is 12.6. The van der Waals surface area contributed by atoms with Gasteiger partial charge in [0, 0.05) is 12.0 Å². The number of hydrogen-bond acceptors (Lipinski definition) is 6. The molecule has 0 spiro atoms. The molecule has 1 N–H and O–H groups in total. The molecule has 0 aliphatic heterocycles. The molecule has 1 aliphatic rings. The summed E-state index contributed by atoms with van der Waals surface area (Å²) in [7, 11) is -4.50. The van der Waals surface area contributed by atoms with Crippen molar-refractivity contribution in [2.75, 3.05) is 0 Å². The van der Waals surface area contributed by atoms with E-state index < -0.39 is 38.3 Å². The summed E-state index contributed by atoms with van der Waals surface area (Å²) in [6, 6.07) is 8.98. The Balaban J connectivity index is 1.80. The van der Waals surface area contributed by atoms with E-state index in [1.54, 1.807) is 13.8 Å². The van der Waals surface area contributed by atoms with Crippen LogP contribution in [0.5, 0.6) is 11.6 Å². The van der Waals surface area contributed by atoms with Crippen molar-refractivity contribution >= 4 is 21.7 Å². The van der Waals surface area contributed by atoms with E-state index in [0.717, 1.165) is 29.8 Å². The minimum atomic E-state index is -4.50. The number of sulfonamides is 1. The largest absolute Gasteiger partial charge is 0.438 e. The molecule has 190 valence electrons. The van der Waals surface area contributed by atoms with Crippen LogP contribution in [0.15, 0.2) is 65.6 Å². The van der Waals surface area contributed by atoms with Crippen molar-refractivity contribution in [1.82, 2.24) is 9.71 Å². The summed E-state index contributed by atoms with van der Waals surface area (Å²) in [6.07, 6.45) is 3.89. The standard InChI is InChI=1S/C27H22F2N2O5S/c1-15-12-16(2)25(17(3)13-15)36-27-19(9-11-22(30-27)20-14-18(28)8-10-21(20)29)26(33)31-37(34,35)24-7-5-4-6-23(24)32/h4-5,7-14H,6H2,1-3H3,(H,31,33).